The van der Waals surface area contributed by atoms with E-state index in [1.807, 2.05) is 0 Å². The molecular formula is C13H14Cl2N2O. The summed E-state index contributed by atoms with van der Waals surface area (Å²) in [5.41, 5.74) is 0.483. The fraction of sp³-hybridized carbons (Fsp3) is 0.385. The van der Waals surface area contributed by atoms with Crippen molar-refractivity contribution in [3.05, 3.63) is 39.4 Å². The molecule has 2 aromatic rings. The largest absolute Gasteiger partial charge is 0.310 e. The van der Waals surface area contributed by atoms with E-state index in [4.69, 9.17) is 23.2 Å². The van der Waals surface area contributed by atoms with Crippen LogP contribution in [0.1, 0.15) is 25.1 Å². The summed E-state index contributed by atoms with van der Waals surface area (Å²) < 4.78 is 0. The van der Waals surface area contributed by atoms with Crippen LogP contribution in [-0.4, -0.2) is 15.8 Å². The Morgan fingerprint density at radius 2 is 2.06 bits per heavy atom. The molecule has 0 atom stereocenters. The Morgan fingerprint density at radius 3 is 2.83 bits per heavy atom. The standard InChI is InChI=1S/C13H14Cl2N2O/c14-8-3-1-2-7-11-16-10-6-4-5-9(15)12(10)13(18)17-11/h4-6H,1-3,7-8H2,(H,16,17,18). The highest BCUT2D eigenvalue weighted by molar-refractivity contribution is 6.35. The summed E-state index contributed by atoms with van der Waals surface area (Å²) in [7, 11) is 0. The summed E-state index contributed by atoms with van der Waals surface area (Å²) in [4.78, 5) is 19.1. The summed E-state index contributed by atoms with van der Waals surface area (Å²) in [5.74, 6) is 1.39. The number of rotatable bonds is 5. The van der Waals surface area contributed by atoms with E-state index in [9.17, 15) is 4.79 Å². The van der Waals surface area contributed by atoms with Gasteiger partial charge in [0.15, 0.2) is 0 Å². The van der Waals surface area contributed by atoms with Crippen LogP contribution in [-0.2, 0) is 6.42 Å². The molecule has 0 aliphatic rings. The van der Waals surface area contributed by atoms with Gasteiger partial charge in [0, 0.05) is 12.3 Å². The summed E-state index contributed by atoms with van der Waals surface area (Å²) in [6.45, 7) is 0. The van der Waals surface area contributed by atoms with Crippen LogP contribution in [0.15, 0.2) is 23.0 Å². The minimum atomic E-state index is -0.169. The highest BCUT2D eigenvalue weighted by Crippen LogP contribution is 2.18. The molecule has 0 radical (unpaired) electrons. The maximum Gasteiger partial charge on any atom is 0.260 e. The van der Waals surface area contributed by atoms with E-state index in [-0.39, 0.29) is 5.56 Å². The van der Waals surface area contributed by atoms with E-state index < -0.39 is 0 Å². The van der Waals surface area contributed by atoms with Crippen molar-refractivity contribution in [2.24, 2.45) is 0 Å². The first-order valence-electron chi connectivity index (χ1n) is 5.96. The molecule has 0 bridgehead atoms. The highest BCUT2D eigenvalue weighted by atomic mass is 35.5. The first kappa shape index (κ1) is 13.4. The van der Waals surface area contributed by atoms with E-state index in [0.717, 1.165) is 25.7 Å². The predicted octanol–water partition coefficient (Wildman–Crippen LogP) is 3.53. The van der Waals surface area contributed by atoms with Crippen molar-refractivity contribution in [1.29, 1.82) is 0 Å². The van der Waals surface area contributed by atoms with Crippen molar-refractivity contribution >= 4 is 34.1 Å². The fourth-order valence-corrected chi connectivity index (χ4v) is 2.32. The zero-order valence-electron chi connectivity index (χ0n) is 9.88. The van der Waals surface area contributed by atoms with Gasteiger partial charge in [-0.25, -0.2) is 4.98 Å². The third-order valence-corrected chi connectivity index (χ3v) is 3.36. The molecule has 0 spiro atoms. The number of benzene rings is 1. The minimum absolute atomic E-state index is 0.169. The van der Waals surface area contributed by atoms with Gasteiger partial charge >= 0.3 is 0 Å². The van der Waals surface area contributed by atoms with Crippen LogP contribution in [0.2, 0.25) is 5.02 Å². The molecular weight excluding hydrogens is 271 g/mol. The Kier molecular flexibility index (Phi) is 4.61. The van der Waals surface area contributed by atoms with Crippen LogP contribution in [0.25, 0.3) is 10.9 Å². The average molecular weight is 285 g/mol. The van der Waals surface area contributed by atoms with E-state index in [2.05, 4.69) is 9.97 Å². The molecule has 18 heavy (non-hydrogen) atoms. The van der Waals surface area contributed by atoms with Gasteiger partial charge in [-0.15, -0.1) is 11.6 Å². The Bertz CT molecular complexity index is 595. The SMILES string of the molecule is O=c1[nH]c(CCCCCCl)nc2cccc(Cl)c12. The lowest BCUT2D eigenvalue weighted by Gasteiger charge is -2.03. The summed E-state index contributed by atoms with van der Waals surface area (Å²) in [5, 5.41) is 0.901. The monoisotopic (exact) mass is 284 g/mol. The second-order valence-corrected chi connectivity index (χ2v) is 4.93. The molecule has 1 aromatic carbocycles. The van der Waals surface area contributed by atoms with Crippen molar-refractivity contribution in [1.82, 2.24) is 9.97 Å². The lowest BCUT2D eigenvalue weighted by molar-refractivity contribution is 0.697. The highest BCUT2D eigenvalue weighted by Gasteiger charge is 2.06. The molecule has 0 saturated heterocycles. The fourth-order valence-electron chi connectivity index (χ4n) is 1.88. The normalized spacial score (nSPS) is 11.0. The van der Waals surface area contributed by atoms with Gasteiger partial charge in [-0.1, -0.05) is 24.1 Å². The maximum absolute atomic E-state index is 11.9. The van der Waals surface area contributed by atoms with Crippen molar-refractivity contribution < 1.29 is 0 Å². The number of nitrogens with one attached hydrogen (secondary N) is 1. The van der Waals surface area contributed by atoms with Gasteiger partial charge in [-0.05, 0) is 25.0 Å². The minimum Gasteiger partial charge on any atom is -0.310 e. The van der Waals surface area contributed by atoms with Crippen LogP contribution in [0, 0.1) is 0 Å². The number of hydrogen-bond acceptors (Lipinski definition) is 2. The van der Waals surface area contributed by atoms with Crippen LogP contribution >= 0.6 is 23.2 Å². The average Bonchev–Trinajstić information content (AvgIpc) is 2.34. The van der Waals surface area contributed by atoms with Crippen LogP contribution in [0.5, 0.6) is 0 Å². The molecule has 1 N–H and O–H groups in total. The van der Waals surface area contributed by atoms with Crippen LogP contribution in [0.3, 0.4) is 0 Å². The van der Waals surface area contributed by atoms with E-state index >= 15 is 0 Å². The Balaban J connectivity index is 2.24. The molecule has 5 heteroatoms. The molecule has 96 valence electrons. The first-order chi connectivity index (χ1) is 8.72. The number of aromatic nitrogens is 2. The molecule has 0 aliphatic heterocycles. The molecule has 1 aromatic heterocycles. The Labute approximate surface area is 115 Å². The van der Waals surface area contributed by atoms with Gasteiger partial charge in [0.2, 0.25) is 0 Å². The van der Waals surface area contributed by atoms with Gasteiger partial charge in [0.05, 0.1) is 15.9 Å². The molecule has 1 heterocycles. The van der Waals surface area contributed by atoms with Crippen molar-refractivity contribution in [3.63, 3.8) is 0 Å². The molecule has 0 aliphatic carbocycles. The quantitative estimate of drug-likeness (QED) is 0.674. The van der Waals surface area contributed by atoms with Gasteiger partial charge in [-0.3, -0.25) is 4.79 Å². The number of aromatic amines is 1. The number of nitrogens with zero attached hydrogens (tertiary/aromatic N) is 1. The zero-order valence-corrected chi connectivity index (χ0v) is 11.4. The molecule has 2 rings (SSSR count). The number of alkyl halides is 1. The van der Waals surface area contributed by atoms with Crippen molar-refractivity contribution in [2.75, 3.05) is 5.88 Å². The first-order valence-corrected chi connectivity index (χ1v) is 6.87. The lowest BCUT2D eigenvalue weighted by atomic mass is 10.2. The van der Waals surface area contributed by atoms with Crippen LogP contribution in [0.4, 0.5) is 0 Å². The molecule has 0 amide bonds. The zero-order chi connectivity index (χ0) is 13.0. The number of halogens is 2. The summed E-state index contributed by atoms with van der Waals surface area (Å²) >= 11 is 11.6. The topological polar surface area (TPSA) is 45.8 Å². The molecule has 3 nitrogen and oxygen atoms in total. The molecule has 0 saturated carbocycles. The van der Waals surface area contributed by atoms with Crippen LogP contribution < -0.4 is 5.56 Å². The third-order valence-electron chi connectivity index (χ3n) is 2.78. The Hall–Kier alpha value is -1.06. The second kappa shape index (κ2) is 6.21. The summed E-state index contributed by atoms with van der Waals surface area (Å²) in [6.07, 6.45) is 3.77. The van der Waals surface area contributed by atoms with E-state index in [1.54, 1.807) is 18.2 Å². The van der Waals surface area contributed by atoms with Gasteiger partial charge in [-0.2, -0.15) is 0 Å². The number of H-pyrrole nitrogens is 1. The maximum atomic E-state index is 11.9. The van der Waals surface area contributed by atoms with Crippen molar-refractivity contribution in [3.8, 4) is 0 Å². The van der Waals surface area contributed by atoms with Gasteiger partial charge in [0.1, 0.15) is 5.82 Å². The van der Waals surface area contributed by atoms with E-state index in [1.165, 1.54) is 0 Å². The molecule has 0 fully saturated rings. The van der Waals surface area contributed by atoms with Gasteiger partial charge < -0.3 is 4.98 Å². The van der Waals surface area contributed by atoms with E-state index in [0.29, 0.717) is 27.6 Å². The predicted molar refractivity (Wildman–Crippen MR) is 75.6 cm³/mol. The smallest absolute Gasteiger partial charge is 0.260 e. The van der Waals surface area contributed by atoms with Gasteiger partial charge in [0.25, 0.3) is 5.56 Å². The summed E-state index contributed by atoms with van der Waals surface area (Å²) in [6, 6.07) is 5.30. The molecule has 0 unspecified atom stereocenters. The number of hydrogen-bond donors (Lipinski definition) is 1. The lowest BCUT2D eigenvalue weighted by Crippen LogP contribution is -2.12. The number of aryl methyl sites for hydroxylation is 1. The second-order valence-electron chi connectivity index (χ2n) is 4.15. The number of unbranched alkanes of at least 4 members (excludes halogenated alkanes) is 2. The van der Waals surface area contributed by atoms with Crippen molar-refractivity contribution in [2.45, 2.75) is 25.7 Å². The number of fused-ring (bicyclic) bond motifs is 1. The Morgan fingerprint density at radius 1 is 1.22 bits per heavy atom. The third kappa shape index (κ3) is 3.03.